The van der Waals surface area contributed by atoms with Gasteiger partial charge < -0.3 is 4.57 Å². The van der Waals surface area contributed by atoms with Gasteiger partial charge in [-0.15, -0.1) is 10.2 Å². The quantitative estimate of drug-likeness (QED) is 0.460. The van der Waals surface area contributed by atoms with Crippen molar-refractivity contribution < 1.29 is 0 Å². The zero-order valence-electron chi connectivity index (χ0n) is 12.4. The number of hydrogen-bond acceptors (Lipinski definition) is 3. The Balaban J connectivity index is 1.79. The van der Waals surface area contributed by atoms with E-state index in [0.717, 1.165) is 22.1 Å². The molecule has 3 rings (SSSR count). The lowest BCUT2D eigenvalue weighted by Crippen LogP contribution is -1.95. The molecular formula is C16H11Cl4N3S. The fourth-order valence-corrected chi connectivity index (χ4v) is 3.58. The zero-order valence-corrected chi connectivity index (χ0v) is 16.3. The molecule has 1 heterocycles. The maximum absolute atomic E-state index is 6.07. The van der Waals surface area contributed by atoms with Gasteiger partial charge in [-0.05, 0) is 35.9 Å². The molecule has 0 bridgehead atoms. The van der Waals surface area contributed by atoms with Crippen LogP contribution in [-0.2, 0) is 12.8 Å². The summed E-state index contributed by atoms with van der Waals surface area (Å²) in [6.45, 7) is 0. The van der Waals surface area contributed by atoms with E-state index < -0.39 is 0 Å². The molecule has 0 N–H and O–H groups in total. The molecule has 0 spiro atoms. The molecule has 24 heavy (non-hydrogen) atoms. The molecule has 0 atom stereocenters. The second-order valence-corrected chi connectivity index (χ2v) is 7.60. The second kappa shape index (κ2) is 7.54. The largest absolute Gasteiger partial charge is 0.305 e. The van der Waals surface area contributed by atoms with E-state index in [9.17, 15) is 0 Å². The lowest BCUT2D eigenvalue weighted by molar-refractivity contribution is 0.794. The predicted molar refractivity (Wildman–Crippen MR) is 102 cm³/mol. The van der Waals surface area contributed by atoms with Gasteiger partial charge in [0, 0.05) is 18.4 Å². The highest BCUT2D eigenvalue weighted by molar-refractivity contribution is 7.98. The summed E-state index contributed by atoms with van der Waals surface area (Å²) < 4.78 is 1.92. The number of aromatic nitrogens is 3. The van der Waals surface area contributed by atoms with Crippen LogP contribution in [-0.4, -0.2) is 14.8 Å². The van der Waals surface area contributed by atoms with Crippen molar-refractivity contribution in [1.82, 2.24) is 14.8 Å². The van der Waals surface area contributed by atoms with Crippen LogP contribution < -0.4 is 0 Å². The first-order valence-electron chi connectivity index (χ1n) is 6.87. The highest BCUT2D eigenvalue weighted by Crippen LogP contribution is 2.30. The molecule has 2 aromatic carbocycles. The Labute approximate surface area is 163 Å². The molecule has 0 saturated carbocycles. The summed E-state index contributed by atoms with van der Waals surface area (Å²) in [5.41, 5.74) is 1.93. The maximum Gasteiger partial charge on any atom is 0.191 e. The van der Waals surface area contributed by atoms with Crippen LogP contribution >= 0.6 is 58.2 Å². The fraction of sp³-hybridized carbons (Fsp3) is 0.125. The van der Waals surface area contributed by atoms with Gasteiger partial charge >= 0.3 is 0 Å². The molecule has 0 aliphatic carbocycles. The minimum Gasteiger partial charge on any atom is -0.305 e. The minimum absolute atomic E-state index is 0.488. The van der Waals surface area contributed by atoms with E-state index in [1.807, 2.05) is 29.8 Å². The summed E-state index contributed by atoms with van der Waals surface area (Å²) in [5.74, 6) is 1.44. The first-order chi connectivity index (χ1) is 11.5. The Bertz CT molecular complexity index is 895. The molecule has 0 aliphatic rings. The molecule has 0 fully saturated rings. The lowest BCUT2D eigenvalue weighted by atomic mass is 10.2. The van der Waals surface area contributed by atoms with E-state index in [2.05, 4.69) is 10.2 Å². The van der Waals surface area contributed by atoms with E-state index in [0.29, 0.717) is 25.8 Å². The molecule has 0 amide bonds. The highest BCUT2D eigenvalue weighted by Gasteiger charge is 2.13. The second-order valence-electron chi connectivity index (χ2n) is 5.03. The third-order valence-electron chi connectivity index (χ3n) is 3.36. The molecule has 0 aliphatic heterocycles. The Kier molecular flexibility index (Phi) is 5.63. The summed E-state index contributed by atoms with van der Waals surface area (Å²) >= 11 is 25.6. The Morgan fingerprint density at radius 3 is 2.21 bits per heavy atom. The first kappa shape index (κ1) is 17.9. The summed E-state index contributed by atoms with van der Waals surface area (Å²) in [5, 5.41) is 11.4. The molecular weight excluding hydrogens is 408 g/mol. The summed E-state index contributed by atoms with van der Waals surface area (Å²) in [7, 11) is 1.91. The third-order valence-corrected chi connectivity index (χ3v) is 5.93. The fourth-order valence-electron chi connectivity index (χ4n) is 2.10. The van der Waals surface area contributed by atoms with E-state index in [1.54, 1.807) is 30.0 Å². The molecule has 0 radical (unpaired) electrons. The van der Waals surface area contributed by atoms with E-state index in [-0.39, 0.29) is 0 Å². The van der Waals surface area contributed by atoms with Gasteiger partial charge in [-0.3, -0.25) is 0 Å². The van der Waals surface area contributed by atoms with Crippen molar-refractivity contribution in [2.24, 2.45) is 7.05 Å². The average molecular weight is 419 g/mol. The molecule has 3 nitrogen and oxygen atoms in total. The highest BCUT2D eigenvalue weighted by atomic mass is 35.5. The van der Waals surface area contributed by atoms with Crippen LogP contribution in [0.3, 0.4) is 0 Å². The van der Waals surface area contributed by atoms with E-state index >= 15 is 0 Å². The molecule has 0 unspecified atom stereocenters. The van der Waals surface area contributed by atoms with Gasteiger partial charge in [0.15, 0.2) is 11.0 Å². The van der Waals surface area contributed by atoms with Crippen LogP contribution in [0.2, 0.25) is 20.1 Å². The summed E-state index contributed by atoms with van der Waals surface area (Å²) in [4.78, 5) is 0. The molecule has 1 aromatic heterocycles. The number of thioether (sulfide) groups is 1. The Hall–Kier alpha value is -0.910. The van der Waals surface area contributed by atoms with Gasteiger partial charge in [0.25, 0.3) is 0 Å². The topological polar surface area (TPSA) is 30.7 Å². The van der Waals surface area contributed by atoms with Crippen LogP contribution in [0, 0.1) is 0 Å². The smallest absolute Gasteiger partial charge is 0.191 e. The van der Waals surface area contributed by atoms with Crippen LogP contribution in [0.1, 0.15) is 5.56 Å². The molecule has 0 saturated heterocycles. The van der Waals surface area contributed by atoms with Crippen molar-refractivity contribution in [1.29, 1.82) is 0 Å². The van der Waals surface area contributed by atoms with E-state index in [1.165, 1.54) is 0 Å². The molecule has 3 aromatic rings. The molecule has 124 valence electrons. The van der Waals surface area contributed by atoms with Gasteiger partial charge in [-0.25, -0.2) is 0 Å². The average Bonchev–Trinajstić information content (AvgIpc) is 2.92. The maximum atomic E-state index is 6.07. The number of halogens is 4. The van der Waals surface area contributed by atoms with Crippen LogP contribution in [0.15, 0.2) is 41.6 Å². The van der Waals surface area contributed by atoms with Crippen molar-refractivity contribution in [3.8, 4) is 11.4 Å². The molecule has 8 heteroatoms. The standard InChI is InChI=1S/C16H11Cl4N3S/c1-23-15(10-3-5-12(18)14(20)7-10)21-22-16(23)24-8-9-2-4-11(17)13(19)6-9/h2-7H,8H2,1H3. The van der Waals surface area contributed by atoms with Gasteiger partial charge in [0.1, 0.15) is 0 Å². The third kappa shape index (κ3) is 3.84. The van der Waals surface area contributed by atoms with Gasteiger partial charge in [-0.2, -0.15) is 0 Å². The summed E-state index contributed by atoms with van der Waals surface area (Å²) in [6, 6.07) is 11.0. The van der Waals surface area contributed by atoms with Crippen molar-refractivity contribution in [3.05, 3.63) is 62.1 Å². The zero-order chi connectivity index (χ0) is 17.3. The normalized spacial score (nSPS) is 11.0. The van der Waals surface area contributed by atoms with Crippen molar-refractivity contribution in [2.75, 3.05) is 0 Å². The predicted octanol–water partition coefficient (Wildman–Crippen LogP) is 6.39. The van der Waals surface area contributed by atoms with Crippen molar-refractivity contribution in [3.63, 3.8) is 0 Å². The van der Waals surface area contributed by atoms with E-state index in [4.69, 9.17) is 46.4 Å². The van der Waals surface area contributed by atoms with Crippen LogP contribution in [0.25, 0.3) is 11.4 Å². The Morgan fingerprint density at radius 2 is 1.54 bits per heavy atom. The first-order valence-corrected chi connectivity index (χ1v) is 9.37. The number of nitrogens with zero attached hydrogens (tertiary/aromatic N) is 3. The SMILES string of the molecule is Cn1c(SCc2ccc(Cl)c(Cl)c2)nnc1-c1ccc(Cl)c(Cl)c1. The Morgan fingerprint density at radius 1 is 0.875 bits per heavy atom. The van der Waals surface area contributed by atoms with Crippen molar-refractivity contribution >= 4 is 58.2 Å². The van der Waals surface area contributed by atoms with Gasteiger partial charge in [0.05, 0.1) is 20.1 Å². The number of hydrogen-bond donors (Lipinski definition) is 0. The van der Waals surface area contributed by atoms with Crippen LogP contribution in [0.4, 0.5) is 0 Å². The van der Waals surface area contributed by atoms with Gasteiger partial charge in [-0.1, -0.05) is 64.2 Å². The monoisotopic (exact) mass is 417 g/mol. The van der Waals surface area contributed by atoms with Gasteiger partial charge in [0.2, 0.25) is 0 Å². The number of rotatable bonds is 4. The summed E-state index contributed by atoms with van der Waals surface area (Å²) in [6.07, 6.45) is 0. The minimum atomic E-state index is 0.488. The van der Waals surface area contributed by atoms with Crippen molar-refractivity contribution in [2.45, 2.75) is 10.9 Å². The lowest BCUT2D eigenvalue weighted by Gasteiger charge is -2.06. The number of benzene rings is 2. The van der Waals surface area contributed by atoms with Crippen LogP contribution in [0.5, 0.6) is 0 Å².